The van der Waals surface area contributed by atoms with Gasteiger partial charge in [0, 0.05) is 0 Å². The van der Waals surface area contributed by atoms with E-state index in [4.69, 9.17) is 8.85 Å². The lowest BCUT2D eigenvalue weighted by Crippen LogP contribution is -2.56. The second-order valence-electron chi connectivity index (χ2n) is 16.7. The van der Waals surface area contributed by atoms with Crippen LogP contribution in [-0.4, -0.2) is 28.8 Å². The minimum Gasteiger partial charge on any atom is -0.411 e. The van der Waals surface area contributed by atoms with Gasteiger partial charge in [-0.1, -0.05) is 60.0 Å². The van der Waals surface area contributed by atoms with Crippen molar-refractivity contribution in [3.63, 3.8) is 0 Å². The van der Waals surface area contributed by atoms with Gasteiger partial charge in [0.2, 0.25) is 0 Å². The van der Waals surface area contributed by atoms with E-state index in [1.54, 1.807) is 5.57 Å². The highest BCUT2D eigenvalue weighted by Crippen LogP contribution is 2.68. The van der Waals surface area contributed by atoms with Crippen LogP contribution in [-0.2, 0) is 8.85 Å². The van der Waals surface area contributed by atoms with Gasteiger partial charge in [-0.3, -0.25) is 0 Å². The van der Waals surface area contributed by atoms with Crippen LogP contribution in [0, 0.1) is 46.3 Å². The topological polar surface area (TPSA) is 18.5 Å². The fourth-order valence-corrected chi connectivity index (χ4v) is 12.0. The lowest BCUT2D eigenvalue weighted by Gasteiger charge is -2.61. The molecule has 4 aliphatic rings. The van der Waals surface area contributed by atoms with E-state index in [1.165, 1.54) is 64.2 Å². The van der Waals surface area contributed by atoms with Gasteiger partial charge in [0.25, 0.3) is 0 Å². The van der Waals surface area contributed by atoms with E-state index in [0.29, 0.717) is 23.0 Å². The van der Waals surface area contributed by atoms with Gasteiger partial charge < -0.3 is 8.85 Å². The van der Waals surface area contributed by atoms with Crippen molar-refractivity contribution >= 4 is 16.6 Å². The standard InChI is InChI=1S/C33H62O2Si2/c1-23(2)13-12-14-24(3)27-15-16-28-26-22-31(35-37(9,10)11)30-21-25(34-36(6,7)8)17-19-33(30,5)29(26)18-20-32(27,28)4/h21,23-29,31H,12-20,22H2,1-11H3/t24-,25-,26+,27-,28+,29+,31-,32-,33-/m1/s1. The summed E-state index contributed by atoms with van der Waals surface area (Å²) in [6, 6.07) is 0. The maximum Gasteiger partial charge on any atom is 0.184 e. The van der Waals surface area contributed by atoms with Gasteiger partial charge in [0.15, 0.2) is 16.6 Å². The third-order valence-electron chi connectivity index (χ3n) is 11.3. The summed E-state index contributed by atoms with van der Waals surface area (Å²) in [6.07, 6.45) is 17.0. The van der Waals surface area contributed by atoms with Gasteiger partial charge in [0.05, 0.1) is 12.2 Å². The molecule has 0 heterocycles. The summed E-state index contributed by atoms with van der Waals surface area (Å²) in [5, 5.41) is 0. The van der Waals surface area contributed by atoms with Crippen LogP contribution in [0.2, 0.25) is 39.3 Å². The summed E-state index contributed by atoms with van der Waals surface area (Å²) < 4.78 is 13.8. The van der Waals surface area contributed by atoms with Crippen molar-refractivity contribution < 1.29 is 8.85 Å². The van der Waals surface area contributed by atoms with Crippen LogP contribution in [0.4, 0.5) is 0 Å². The molecular formula is C33H62O2Si2. The lowest BCUT2D eigenvalue weighted by molar-refractivity contribution is -0.0842. The van der Waals surface area contributed by atoms with Gasteiger partial charge >= 0.3 is 0 Å². The third kappa shape index (κ3) is 6.38. The molecule has 4 aliphatic carbocycles. The Morgan fingerprint density at radius 1 is 0.838 bits per heavy atom. The second-order valence-corrected chi connectivity index (χ2v) is 25.6. The molecule has 9 atom stereocenters. The first kappa shape index (κ1) is 30.1. The summed E-state index contributed by atoms with van der Waals surface area (Å²) in [4.78, 5) is 0. The van der Waals surface area contributed by atoms with Gasteiger partial charge in [-0.2, -0.15) is 0 Å². The minimum atomic E-state index is -1.66. The summed E-state index contributed by atoms with van der Waals surface area (Å²) >= 11 is 0. The smallest absolute Gasteiger partial charge is 0.184 e. The normalized spacial score (nSPS) is 41.1. The molecule has 0 bridgehead atoms. The van der Waals surface area contributed by atoms with Crippen molar-refractivity contribution in [2.75, 3.05) is 0 Å². The molecule has 0 radical (unpaired) electrons. The maximum absolute atomic E-state index is 7.10. The Hall–Kier alpha value is 0.0938. The highest BCUT2D eigenvalue weighted by molar-refractivity contribution is 6.70. The molecule has 37 heavy (non-hydrogen) atoms. The zero-order valence-electron chi connectivity index (χ0n) is 26.6. The van der Waals surface area contributed by atoms with Crippen LogP contribution in [0.1, 0.15) is 98.8 Å². The van der Waals surface area contributed by atoms with Crippen LogP contribution in [0.3, 0.4) is 0 Å². The summed E-state index contributed by atoms with van der Waals surface area (Å²) in [5.41, 5.74) is 2.48. The predicted octanol–water partition coefficient (Wildman–Crippen LogP) is 10.1. The van der Waals surface area contributed by atoms with Gasteiger partial charge in [-0.25, -0.2) is 0 Å². The number of rotatable bonds is 9. The van der Waals surface area contributed by atoms with Gasteiger partial charge in [-0.15, -0.1) is 0 Å². The Balaban J connectivity index is 1.60. The van der Waals surface area contributed by atoms with Crippen molar-refractivity contribution in [2.24, 2.45) is 46.3 Å². The summed E-state index contributed by atoms with van der Waals surface area (Å²) in [7, 11) is -3.23. The molecule has 0 aromatic rings. The molecule has 3 saturated carbocycles. The Morgan fingerprint density at radius 2 is 1.51 bits per heavy atom. The molecule has 0 saturated heterocycles. The van der Waals surface area contributed by atoms with Gasteiger partial charge in [-0.05, 0) is 136 Å². The van der Waals surface area contributed by atoms with Crippen LogP contribution in [0.15, 0.2) is 11.6 Å². The largest absolute Gasteiger partial charge is 0.411 e. The van der Waals surface area contributed by atoms with Crippen molar-refractivity contribution in [2.45, 2.75) is 150 Å². The minimum absolute atomic E-state index is 0.300. The second kappa shape index (κ2) is 10.8. The SMILES string of the molecule is CC(C)CCC[C@@H](C)[C@H]1CC[C@H]2[C@@H]3C[C@@H](O[Si](C)(C)C)C4=C[C@H](O[Si](C)(C)C)CC[C@]4(C)[C@H]3CC[C@]12C. The fourth-order valence-electron chi connectivity index (χ4n) is 9.83. The maximum atomic E-state index is 7.10. The van der Waals surface area contributed by atoms with E-state index in [2.05, 4.69) is 80.0 Å². The fraction of sp³-hybridized carbons (Fsp3) is 0.939. The molecule has 0 N–H and O–H groups in total. The molecule has 0 aromatic heterocycles. The van der Waals surface area contributed by atoms with Crippen LogP contribution >= 0.6 is 0 Å². The van der Waals surface area contributed by atoms with E-state index >= 15 is 0 Å². The van der Waals surface area contributed by atoms with E-state index < -0.39 is 16.6 Å². The molecule has 0 unspecified atom stereocenters. The van der Waals surface area contributed by atoms with E-state index in [9.17, 15) is 0 Å². The van der Waals surface area contributed by atoms with Crippen LogP contribution < -0.4 is 0 Å². The van der Waals surface area contributed by atoms with E-state index in [0.717, 1.165) is 35.5 Å². The molecule has 3 fully saturated rings. The lowest BCUT2D eigenvalue weighted by atomic mass is 9.46. The van der Waals surface area contributed by atoms with Crippen molar-refractivity contribution in [1.29, 1.82) is 0 Å². The highest BCUT2D eigenvalue weighted by atomic mass is 28.4. The number of hydrogen-bond acceptors (Lipinski definition) is 2. The number of fused-ring (bicyclic) bond motifs is 5. The highest BCUT2D eigenvalue weighted by Gasteiger charge is 2.61. The Bertz CT molecular complexity index is 823. The molecule has 214 valence electrons. The summed E-state index contributed by atoms with van der Waals surface area (Å²) in [5.74, 6) is 5.21. The Kier molecular flexibility index (Phi) is 8.79. The average molecular weight is 547 g/mol. The van der Waals surface area contributed by atoms with Crippen molar-refractivity contribution in [3.8, 4) is 0 Å². The van der Waals surface area contributed by atoms with Gasteiger partial charge in [0.1, 0.15) is 0 Å². The molecule has 4 heteroatoms. The third-order valence-corrected chi connectivity index (χ3v) is 13.3. The van der Waals surface area contributed by atoms with Crippen LogP contribution in [0.25, 0.3) is 0 Å². The number of hydrogen-bond donors (Lipinski definition) is 0. The Labute approximate surface area is 233 Å². The molecule has 0 amide bonds. The first-order chi connectivity index (χ1) is 17.0. The molecule has 4 rings (SSSR count). The Morgan fingerprint density at radius 3 is 2.14 bits per heavy atom. The first-order valence-electron chi connectivity index (χ1n) is 16.1. The van der Waals surface area contributed by atoms with Crippen molar-refractivity contribution in [3.05, 3.63) is 11.6 Å². The molecule has 0 spiro atoms. The molecule has 0 aromatic carbocycles. The molecular weight excluding hydrogens is 485 g/mol. The average Bonchev–Trinajstić information content (AvgIpc) is 3.10. The van der Waals surface area contributed by atoms with Crippen molar-refractivity contribution in [1.82, 2.24) is 0 Å². The summed E-state index contributed by atoms with van der Waals surface area (Å²) in [6.45, 7) is 26.9. The van der Waals surface area contributed by atoms with Crippen LogP contribution in [0.5, 0.6) is 0 Å². The predicted molar refractivity (Wildman–Crippen MR) is 165 cm³/mol. The van der Waals surface area contributed by atoms with E-state index in [-0.39, 0.29) is 0 Å². The zero-order valence-corrected chi connectivity index (χ0v) is 28.6. The zero-order chi connectivity index (χ0) is 27.4. The first-order valence-corrected chi connectivity index (χ1v) is 22.9. The monoisotopic (exact) mass is 546 g/mol. The van der Waals surface area contributed by atoms with E-state index in [1.807, 2.05) is 0 Å². The molecule has 2 nitrogen and oxygen atoms in total. The molecule has 0 aliphatic heterocycles. The quantitative estimate of drug-likeness (QED) is 0.211.